The zero-order chi connectivity index (χ0) is 13.7. The third kappa shape index (κ3) is 2.18. The van der Waals surface area contributed by atoms with E-state index in [-0.39, 0.29) is 0 Å². The lowest BCUT2D eigenvalue weighted by Crippen LogP contribution is -2.61. The first kappa shape index (κ1) is 13.7. The Morgan fingerprint density at radius 2 is 1.79 bits per heavy atom. The van der Waals surface area contributed by atoms with E-state index in [9.17, 15) is 0 Å². The molecule has 0 radical (unpaired) electrons. The van der Waals surface area contributed by atoms with Gasteiger partial charge in [-0.05, 0) is 73.7 Å². The number of nitrogens with one attached hydrogen (secondary N) is 1. The Labute approximate surface area is 119 Å². The average molecular weight is 261 g/mol. The molecule has 4 saturated carbocycles. The van der Waals surface area contributed by atoms with E-state index < -0.39 is 0 Å². The highest BCUT2D eigenvalue weighted by atomic mass is 14.9. The third-order valence-corrected chi connectivity index (χ3v) is 6.18. The van der Waals surface area contributed by atoms with Crippen LogP contribution in [0.25, 0.3) is 0 Å². The van der Waals surface area contributed by atoms with Crippen molar-refractivity contribution in [1.82, 2.24) is 5.32 Å². The predicted molar refractivity (Wildman–Crippen MR) is 82.1 cm³/mol. The number of hydrogen-bond donors (Lipinski definition) is 1. The number of hydrogen-bond acceptors (Lipinski definition) is 1. The van der Waals surface area contributed by atoms with Crippen LogP contribution in [0, 0.1) is 22.2 Å². The predicted octanol–water partition coefficient (Wildman–Crippen LogP) is 4.54. The summed E-state index contributed by atoms with van der Waals surface area (Å²) in [6.45, 7) is 12.7. The maximum Gasteiger partial charge on any atom is 0.0304 e. The average Bonchev–Trinajstić information content (AvgIpc) is 2.24. The Hall–Kier alpha value is -0.300. The molecule has 0 amide bonds. The molecule has 0 aromatic rings. The van der Waals surface area contributed by atoms with Crippen molar-refractivity contribution < 1.29 is 0 Å². The Balaban J connectivity index is 1.88. The highest BCUT2D eigenvalue weighted by Crippen LogP contribution is 2.70. The largest absolute Gasteiger partial charge is 0.310 e. The molecule has 0 saturated heterocycles. The van der Waals surface area contributed by atoms with Gasteiger partial charge in [0.05, 0.1) is 0 Å². The highest BCUT2D eigenvalue weighted by Gasteiger charge is 2.61. The Kier molecular flexibility index (Phi) is 3.13. The second kappa shape index (κ2) is 4.35. The fourth-order valence-corrected chi connectivity index (χ4v) is 6.73. The minimum Gasteiger partial charge on any atom is -0.310 e. The normalized spacial score (nSPS) is 49.3. The van der Waals surface area contributed by atoms with Gasteiger partial charge in [0.1, 0.15) is 0 Å². The van der Waals surface area contributed by atoms with Gasteiger partial charge in [-0.2, -0.15) is 0 Å². The van der Waals surface area contributed by atoms with Gasteiger partial charge in [0.15, 0.2) is 0 Å². The zero-order valence-corrected chi connectivity index (χ0v) is 13.1. The van der Waals surface area contributed by atoms with Crippen molar-refractivity contribution in [2.45, 2.75) is 71.8 Å². The quantitative estimate of drug-likeness (QED) is 0.717. The lowest BCUT2D eigenvalue weighted by atomic mass is 9.39. The van der Waals surface area contributed by atoms with Gasteiger partial charge in [0.25, 0.3) is 0 Å². The molecule has 0 aromatic heterocycles. The first-order chi connectivity index (χ1) is 8.93. The summed E-state index contributed by atoms with van der Waals surface area (Å²) < 4.78 is 0. The van der Waals surface area contributed by atoms with Crippen LogP contribution in [0.2, 0.25) is 0 Å². The third-order valence-electron chi connectivity index (χ3n) is 6.18. The fourth-order valence-electron chi connectivity index (χ4n) is 6.73. The van der Waals surface area contributed by atoms with Gasteiger partial charge < -0.3 is 5.32 Å². The molecule has 3 unspecified atom stereocenters. The molecule has 4 aliphatic carbocycles. The van der Waals surface area contributed by atoms with Crippen LogP contribution in [0.5, 0.6) is 0 Å². The van der Waals surface area contributed by atoms with Crippen molar-refractivity contribution in [3.05, 3.63) is 12.7 Å². The summed E-state index contributed by atoms with van der Waals surface area (Å²) in [4.78, 5) is 0. The second-order valence-electron chi connectivity index (χ2n) is 8.66. The Morgan fingerprint density at radius 3 is 2.26 bits per heavy atom. The van der Waals surface area contributed by atoms with Gasteiger partial charge in [0, 0.05) is 6.04 Å². The first-order valence-electron chi connectivity index (χ1n) is 8.29. The standard InChI is InChI=1S/C18H31N/c1-5-7-19-15(6-2)18-10-14-8-16(3,12-18)11-17(4,9-14)13-18/h6,14-15,19H,2,5,7-13H2,1,3-4H3. The van der Waals surface area contributed by atoms with Gasteiger partial charge in [-0.15, -0.1) is 6.58 Å². The summed E-state index contributed by atoms with van der Waals surface area (Å²) in [6.07, 6.45) is 12.2. The van der Waals surface area contributed by atoms with Crippen molar-refractivity contribution in [3.8, 4) is 0 Å². The zero-order valence-electron chi connectivity index (χ0n) is 13.1. The summed E-state index contributed by atoms with van der Waals surface area (Å²) in [5.41, 5.74) is 1.74. The van der Waals surface area contributed by atoms with Gasteiger partial charge in [0.2, 0.25) is 0 Å². The van der Waals surface area contributed by atoms with Gasteiger partial charge in [-0.3, -0.25) is 0 Å². The first-order valence-corrected chi connectivity index (χ1v) is 8.29. The summed E-state index contributed by atoms with van der Waals surface area (Å²) in [5.74, 6) is 0.983. The van der Waals surface area contributed by atoms with E-state index in [1.165, 1.54) is 44.9 Å². The van der Waals surface area contributed by atoms with E-state index in [2.05, 4.69) is 38.7 Å². The van der Waals surface area contributed by atoms with Crippen LogP contribution in [-0.2, 0) is 0 Å². The van der Waals surface area contributed by atoms with E-state index in [1.807, 2.05) is 0 Å². The van der Waals surface area contributed by atoms with Gasteiger partial charge >= 0.3 is 0 Å². The maximum absolute atomic E-state index is 4.15. The molecule has 1 heteroatoms. The van der Waals surface area contributed by atoms with Crippen LogP contribution < -0.4 is 5.32 Å². The van der Waals surface area contributed by atoms with Crippen LogP contribution in [-0.4, -0.2) is 12.6 Å². The highest BCUT2D eigenvalue weighted by molar-refractivity contribution is 5.16. The fraction of sp³-hybridized carbons (Fsp3) is 0.889. The van der Waals surface area contributed by atoms with Crippen molar-refractivity contribution in [3.63, 3.8) is 0 Å². The summed E-state index contributed by atoms with van der Waals surface area (Å²) in [5, 5.41) is 3.79. The molecule has 3 atom stereocenters. The van der Waals surface area contributed by atoms with Crippen molar-refractivity contribution in [1.29, 1.82) is 0 Å². The topological polar surface area (TPSA) is 12.0 Å². The smallest absolute Gasteiger partial charge is 0.0304 e. The molecule has 0 aliphatic heterocycles. The molecule has 0 heterocycles. The van der Waals surface area contributed by atoms with Crippen molar-refractivity contribution >= 4 is 0 Å². The van der Waals surface area contributed by atoms with Crippen LogP contribution in [0.3, 0.4) is 0 Å². The van der Waals surface area contributed by atoms with E-state index in [4.69, 9.17) is 0 Å². The maximum atomic E-state index is 4.15. The summed E-state index contributed by atoms with van der Waals surface area (Å²) in [6, 6.07) is 0.537. The monoisotopic (exact) mass is 261 g/mol. The van der Waals surface area contributed by atoms with Crippen LogP contribution in [0.1, 0.15) is 65.7 Å². The molecule has 4 rings (SSSR count). The summed E-state index contributed by atoms with van der Waals surface area (Å²) >= 11 is 0. The van der Waals surface area contributed by atoms with Crippen molar-refractivity contribution in [2.24, 2.45) is 22.2 Å². The van der Waals surface area contributed by atoms with E-state index in [0.717, 1.165) is 12.5 Å². The lowest BCUT2D eigenvalue weighted by Gasteiger charge is -2.67. The van der Waals surface area contributed by atoms with Crippen LogP contribution in [0.4, 0.5) is 0 Å². The molecule has 19 heavy (non-hydrogen) atoms. The van der Waals surface area contributed by atoms with Crippen LogP contribution >= 0.6 is 0 Å². The van der Waals surface area contributed by atoms with Gasteiger partial charge in [-0.1, -0.05) is 26.8 Å². The van der Waals surface area contributed by atoms with Gasteiger partial charge in [-0.25, -0.2) is 0 Å². The Bertz CT molecular complexity index is 354. The molecule has 1 nitrogen and oxygen atoms in total. The Morgan fingerprint density at radius 1 is 1.16 bits per heavy atom. The molecular formula is C18H31N. The lowest BCUT2D eigenvalue weighted by molar-refractivity contribution is -0.152. The second-order valence-corrected chi connectivity index (χ2v) is 8.66. The molecule has 4 aliphatic rings. The minimum absolute atomic E-state index is 0.514. The molecule has 1 N–H and O–H groups in total. The van der Waals surface area contributed by atoms with E-state index >= 15 is 0 Å². The molecular weight excluding hydrogens is 230 g/mol. The molecule has 0 spiro atoms. The molecule has 0 aromatic carbocycles. The van der Waals surface area contributed by atoms with E-state index in [0.29, 0.717) is 22.3 Å². The molecule has 4 bridgehead atoms. The number of rotatable bonds is 5. The summed E-state index contributed by atoms with van der Waals surface area (Å²) in [7, 11) is 0. The molecule has 108 valence electrons. The SMILES string of the molecule is C=CC(NCCC)C12CC3CC(C)(CC(C)(C3)C1)C2. The van der Waals surface area contributed by atoms with Crippen molar-refractivity contribution in [2.75, 3.05) is 6.54 Å². The van der Waals surface area contributed by atoms with Crippen LogP contribution in [0.15, 0.2) is 12.7 Å². The minimum atomic E-state index is 0.514. The molecule has 4 fully saturated rings. The van der Waals surface area contributed by atoms with E-state index in [1.54, 1.807) is 0 Å².